The first kappa shape index (κ1) is 13.1. The minimum atomic E-state index is -0.0926. The summed E-state index contributed by atoms with van der Waals surface area (Å²) in [5, 5.41) is 10.4. The van der Waals surface area contributed by atoms with Crippen molar-refractivity contribution in [3.05, 3.63) is 27.2 Å². The van der Waals surface area contributed by atoms with E-state index in [4.69, 9.17) is 17.3 Å². The van der Waals surface area contributed by atoms with Crippen LogP contribution in [0.4, 0.5) is 0 Å². The third kappa shape index (κ3) is 2.78. The van der Waals surface area contributed by atoms with Crippen molar-refractivity contribution >= 4 is 39.9 Å². The highest BCUT2D eigenvalue weighted by Crippen LogP contribution is 2.44. The zero-order chi connectivity index (χ0) is 10.3. The largest absolute Gasteiger partial charge is 0.506 e. The van der Waals surface area contributed by atoms with E-state index in [2.05, 4.69) is 15.9 Å². The molecule has 84 valence electrons. The fraction of sp³-hybridized carbons (Fsp3) is 0.400. The predicted molar refractivity (Wildman–Crippen MR) is 67.7 cm³/mol. The van der Waals surface area contributed by atoms with Gasteiger partial charge < -0.3 is 10.8 Å². The van der Waals surface area contributed by atoms with E-state index in [1.165, 1.54) is 0 Å². The van der Waals surface area contributed by atoms with Crippen molar-refractivity contribution in [1.82, 2.24) is 0 Å². The van der Waals surface area contributed by atoms with Gasteiger partial charge in [0.05, 0.1) is 4.47 Å². The molecule has 0 saturated heterocycles. The molecular weight excluding hydrogens is 301 g/mol. The summed E-state index contributed by atoms with van der Waals surface area (Å²) in [6, 6.07) is 3.31. The maximum absolute atomic E-state index is 9.78. The molecule has 0 spiro atoms. The van der Waals surface area contributed by atoms with E-state index in [1.807, 2.05) is 0 Å². The van der Waals surface area contributed by atoms with Crippen LogP contribution in [-0.2, 0) is 0 Å². The lowest BCUT2D eigenvalue weighted by Gasteiger charge is -2.14. The summed E-state index contributed by atoms with van der Waals surface area (Å²) in [5.74, 6) is 0.722. The van der Waals surface area contributed by atoms with Crippen LogP contribution in [-0.4, -0.2) is 5.11 Å². The van der Waals surface area contributed by atoms with Crippen molar-refractivity contribution in [2.24, 2.45) is 11.7 Å². The van der Waals surface area contributed by atoms with Gasteiger partial charge >= 0.3 is 0 Å². The first-order valence-corrected chi connectivity index (χ1v) is 5.70. The monoisotopic (exact) mass is 311 g/mol. The molecule has 1 aliphatic rings. The van der Waals surface area contributed by atoms with Crippen LogP contribution in [0.2, 0.25) is 5.02 Å². The SMILES string of the molecule is Cl.N[C@H](c1cc(Cl)cc(Br)c1O)C1CC1. The summed E-state index contributed by atoms with van der Waals surface area (Å²) >= 11 is 9.14. The van der Waals surface area contributed by atoms with E-state index < -0.39 is 0 Å². The van der Waals surface area contributed by atoms with Crippen molar-refractivity contribution in [3.8, 4) is 5.75 Å². The van der Waals surface area contributed by atoms with Gasteiger partial charge in [-0.05, 0) is 46.8 Å². The van der Waals surface area contributed by atoms with E-state index in [0.29, 0.717) is 15.4 Å². The average Bonchev–Trinajstić information content (AvgIpc) is 2.93. The topological polar surface area (TPSA) is 46.2 Å². The Morgan fingerprint density at radius 1 is 1.47 bits per heavy atom. The number of rotatable bonds is 2. The number of hydrogen-bond donors (Lipinski definition) is 2. The predicted octanol–water partition coefficient (Wildman–Crippen LogP) is 3.64. The fourth-order valence-corrected chi connectivity index (χ4v) is 2.38. The summed E-state index contributed by atoms with van der Waals surface area (Å²) < 4.78 is 0.608. The third-order valence-corrected chi connectivity index (χ3v) is 3.37. The summed E-state index contributed by atoms with van der Waals surface area (Å²) in [6.07, 6.45) is 2.29. The third-order valence-electron chi connectivity index (χ3n) is 2.55. The molecule has 15 heavy (non-hydrogen) atoms. The van der Waals surface area contributed by atoms with E-state index in [-0.39, 0.29) is 24.2 Å². The fourth-order valence-electron chi connectivity index (χ4n) is 1.55. The molecule has 2 rings (SSSR count). The van der Waals surface area contributed by atoms with E-state index in [0.717, 1.165) is 18.4 Å². The van der Waals surface area contributed by atoms with Gasteiger partial charge in [-0.2, -0.15) is 0 Å². The molecular formula is C10H12BrCl2NO. The quantitative estimate of drug-likeness (QED) is 0.875. The van der Waals surface area contributed by atoms with Gasteiger partial charge in [0.15, 0.2) is 0 Å². The van der Waals surface area contributed by atoms with Gasteiger partial charge in [-0.3, -0.25) is 0 Å². The molecule has 0 aromatic heterocycles. The highest BCUT2D eigenvalue weighted by Gasteiger charge is 2.31. The van der Waals surface area contributed by atoms with Crippen molar-refractivity contribution in [3.63, 3.8) is 0 Å². The Morgan fingerprint density at radius 2 is 2.07 bits per heavy atom. The van der Waals surface area contributed by atoms with Crippen molar-refractivity contribution < 1.29 is 5.11 Å². The highest BCUT2D eigenvalue weighted by molar-refractivity contribution is 9.10. The van der Waals surface area contributed by atoms with Gasteiger partial charge in [-0.25, -0.2) is 0 Å². The maximum atomic E-state index is 9.78. The van der Waals surface area contributed by atoms with Crippen LogP contribution in [0, 0.1) is 5.92 Å². The van der Waals surface area contributed by atoms with Crippen molar-refractivity contribution in [1.29, 1.82) is 0 Å². The molecule has 1 aliphatic carbocycles. The van der Waals surface area contributed by atoms with Crippen LogP contribution < -0.4 is 5.73 Å². The van der Waals surface area contributed by atoms with Crippen LogP contribution in [0.25, 0.3) is 0 Å². The molecule has 5 heteroatoms. The van der Waals surface area contributed by atoms with Crippen LogP contribution in [0.15, 0.2) is 16.6 Å². The second-order valence-electron chi connectivity index (χ2n) is 3.69. The summed E-state index contributed by atoms with van der Waals surface area (Å²) in [4.78, 5) is 0. The van der Waals surface area contributed by atoms with Crippen molar-refractivity contribution in [2.75, 3.05) is 0 Å². The number of nitrogens with two attached hydrogens (primary N) is 1. The molecule has 0 heterocycles. The van der Waals surface area contributed by atoms with Gasteiger partial charge in [0, 0.05) is 16.6 Å². The molecule has 0 bridgehead atoms. The Bertz CT molecular complexity index is 369. The van der Waals surface area contributed by atoms with Crippen LogP contribution >= 0.6 is 39.9 Å². The molecule has 2 nitrogen and oxygen atoms in total. The van der Waals surface area contributed by atoms with Crippen LogP contribution in [0.3, 0.4) is 0 Å². The maximum Gasteiger partial charge on any atom is 0.134 e. The number of hydrogen-bond acceptors (Lipinski definition) is 2. The minimum absolute atomic E-state index is 0. The van der Waals surface area contributed by atoms with Gasteiger partial charge in [-0.15, -0.1) is 12.4 Å². The average molecular weight is 313 g/mol. The molecule has 1 fully saturated rings. The summed E-state index contributed by atoms with van der Waals surface area (Å²) in [5.41, 5.74) is 6.74. The van der Waals surface area contributed by atoms with Gasteiger partial charge in [-0.1, -0.05) is 11.6 Å². The van der Waals surface area contributed by atoms with E-state index in [9.17, 15) is 5.11 Å². The number of halogens is 3. The molecule has 1 atom stereocenters. The van der Waals surface area contributed by atoms with E-state index in [1.54, 1.807) is 12.1 Å². The van der Waals surface area contributed by atoms with Gasteiger partial charge in [0.25, 0.3) is 0 Å². The molecule has 0 aliphatic heterocycles. The molecule has 1 aromatic rings. The zero-order valence-corrected chi connectivity index (χ0v) is 11.1. The summed E-state index contributed by atoms with van der Waals surface area (Å²) in [7, 11) is 0. The Balaban J connectivity index is 0.00000112. The zero-order valence-electron chi connectivity index (χ0n) is 7.91. The van der Waals surface area contributed by atoms with Crippen LogP contribution in [0.1, 0.15) is 24.4 Å². The lowest BCUT2D eigenvalue weighted by molar-refractivity contribution is 0.453. The standard InChI is InChI=1S/C10H11BrClNO.ClH/c11-8-4-6(12)3-7(10(8)14)9(13)5-1-2-5;/h3-5,9,14H,1-2,13H2;1H/t9-;/m0./s1. The lowest BCUT2D eigenvalue weighted by atomic mass is 10.0. The second kappa shape index (κ2) is 4.91. The molecule has 1 aromatic carbocycles. The first-order chi connectivity index (χ1) is 6.59. The number of phenolic OH excluding ortho intramolecular Hbond substituents is 1. The number of benzene rings is 1. The van der Waals surface area contributed by atoms with Gasteiger partial charge in [0.1, 0.15) is 5.75 Å². The molecule has 0 radical (unpaired) electrons. The lowest BCUT2D eigenvalue weighted by Crippen LogP contribution is -2.12. The normalized spacial score (nSPS) is 17.0. The van der Waals surface area contributed by atoms with E-state index >= 15 is 0 Å². The Hall–Kier alpha value is 0.0400. The smallest absolute Gasteiger partial charge is 0.134 e. The van der Waals surface area contributed by atoms with Gasteiger partial charge in [0.2, 0.25) is 0 Å². The molecule has 3 N–H and O–H groups in total. The number of phenols is 1. The number of aromatic hydroxyl groups is 1. The highest BCUT2D eigenvalue weighted by atomic mass is 79.9. The molecule has 1 saturated carbocycles. The Kier molecular flexibility index (Phi) is 4.29. The second-order valence-corrected chi connectivity index (χ2v) is 4.98. The Morgan fingerprint density at radius 3 is 2.60 bits per heavy atom. The molecule has 0 unspecified atom stereocenters. The summed E-state index contributed by atoms with van der Waals surface area (Å²) in [6.45, 7) is 0. The Labute approximate surface area is 108 Å². The van der Waals surface area contributed by atoms with Crippen molar-refractivity contribution in [2.45, 2.75) is 18.9 Å². The van der Waals surface area contributed by atoms with Crippen LogP contribution in [0.5, 0.6) is 5.75 Å². The molecule has 0 amide bonds. The first-order valence-electron chi connectivity index (χ1n) is 4.53. The minimum Gasteiger partial charge on any atom is -0.506 e.